The minimum atomic E-state index is -0.453. The first-order valence-corrected chi connectivity index (χ1v) is 7.60. The molecule has 0 spiro atoms. The highest BCUT2D eigenvalue weighted by Crippen LogP contribution is 2.66. The van der Waals surface area contributed by atoms with Gasteiger partial charge in [0.05, 0.1) is 11.1 Å². The van der Waals surface area contributed by atoms with Gasteiger partial charge in [0.2, 0.25) is 5.91 Å². The summed E-state index contributed by atoms with van der Waals surface area (Å²) in [5.41, 5.74) is 3.34. The molecule has 22 heavy (non-hydrogen) atoms. The van der Waals surface area contributed by atoms with Gasteiger partial charge in [-0.2, -0.15) is 5.10 Å². The Kier molecular flexibility index (Phi) is 3.68. The smallest absolute Gasteiger partial charge is 0.270 e. The van der Waals surface area contributed by atoms with Gasteiger partial charge in [-0.25, -0.2) is 5.43 Å². The van der Waals surface area contributed by atoms with E-state index in [4.69, 9.17) is 0 Å². The number of carbonyl (C=O) groups excluding carboxylic acids is 1. The number of hydrogen-bond donors (Lipinski definition) is 1. The highest BCUT2D eigenvalue weighted by molar-refractivity contribution is 5.86. The molecule has 116 valence electrons. The standard InChI is InChI=1S/C16H19N3O3/c1-16-8-3-2-7-13(16)14(16)15(20)18-17-10-11-5-4-6-12(9-11)19(21)22/h4-6,9-10,13-14H,2-3,7-8H2,1H3,(H,18,20)/b17-10+. The van der Waals surface area contributed by atoms with Crippen molar-refractivity contribution in [2.45, 2.75) is 32.6 Å². The quantitative estimate of drug-likeness (QED) is 0.527. The molecule has 1 amide bonds. The number of non-ortho nitro benzene ring substituents is 1. The first-order valence-electron chi connectivity index (χ1n) is 7.60. The van der Waals surface area contributed by atoms with E-state index in [-0.39, 0.29) is 22.9 Å². The van der Waals surface area contributed by atoms with Crippen molar-refractivity contribution >= 4 is 17.8 Å². The zero-order valence-corrected chi connectivity index (χ0v) is 12.5. The summed E-state index contributed by atoms with van der Waals surface area (Å²) < 4.78 is 0. The Hall–Kier alpha value is -2.24. The topological polar surface area (TPSA) is 84.6 Å². The summed E-state index contributed by atoms with van der Waals surface area (Å²) in [5, 5.41) is 14.6. The van der Waals surface area contributed by atoms with Crippen LogP contribution in [0, 0.1) is 27.4 Å². The average Bonchev–Trinajstić information content (AvgIpc) is 3.13. The molecular weight excluding hydrogens is 282 g/mol. The van der Waals surface area contributed by atoms with Crippen LogP contribution in [0.5, 0.6) is 0 Å². The predicted molar refractivity (Wildman–Crippen MR) is 82.4 cm³/mol. The Morgan fingerprint density at radius 2 is 2.32 bits per heavy atom. The molecule has 0 heterocycles. The molecule has 3 atom stereocenters. The maximum atomic E-state index is 12.2. The average molecular weight is 301 g/mol. The van der Waals surface area contributed by atoms with Gasteiger partial charge in [-0.15, -0.1) is 0 Å². The van der Waals surface area contributed by atoms with Crippen LogP contribution in [-0.2, 0) is 4.79 Å². The van der Waals surface area contributed by atoms with Gasteiger partial charge in [-0.05, 0) is 24.2 Å². The molecule has 1 aromatic carbocycles. The van der Waals surface area contributed by atoms with Gasteiger partial charge in [0, 0.05) is 23.6 Å². The van der Waals surface area contributed by atoms with Gasteiger partial charge in [-0.1, -0.05) is 31.9 Å². The monoisotopic (exact) mass is 301 g/mol. The number of nitrogens with zero attached hydrogens (tertiary/aromatic N) is 2. The van der Waals surface area contributed by atoms with Crippen LogP contribution in [0.4, 0.5) is 5.69 Å². The van der Waals surface area contributed by atoms with E-state index in [0.29, 0.717) is 11.5 Å². The highest BCUT2D eigenvalue weighted by atomic mass is 16.6. The third-order valence-corrected chi connectivity index (χ3v) is 5.08. The van der Waals surface area contributed by atoms with Crippen molar-refractivity contribution in [3.63, 3.8) is 0 Å². The van der Waals surface area contributed by atoms with Gasteiger partial charge in [-0.3, -0.25) is 14.9 Å². The van der Waals surface area contributed by atoms with Gasteiger partial charge >= 0.3 is 0 Å². The Morgan fingerprint density at radius 3 is 3.00 bits per heavy atom. The second kappa shape index (κ2) is 5.51. The predicted octanol–water partition coefficient (Wildman–Crippen LogP) is 2.87. The summed E-state index contributed by atoms with van der Waals surface area (Å²) in [6, 6.07) is 6.15. The maximum Gasteiger partial charge on any atom is 0.270 e. The lowest BCUT2D eigenvalue weighted by Crippen LogP contribution is -2.22. The number of hydrazone groups is 1. The second-order valence-corrected chi connectivity index (χ2v) is 6.42. The molecule has 6 nitrogen and oxygen atoms in total. The Morgan fingerprint density at radius 1 is 1.50 bits per heavy atom. The van der Waals surface area contributed by atoms with Crippen LogP contribution < -0.4 is 5.43 Å². The minimum Gasteiger partial charge on any atom is -0.273 e. The summed E-state index contributed by atoms with van der Waals surface area (Å²) in [6.07, 6.45) is 6.10. The minimum absolute atomic E-state index is 0.0102. The van der Waals surface area contributed by atoms with E-state index in [1.807, 2.05) is 0 Å². The van der Waals surface area contributed by atoms with Crippen LogP contribution >= 0.6 is 0 Å². The largest absolute Gasteiger partial charge is 0.273 e. The van der Waals surface area contributed by atoms with Crippen LogP contribution in [-0.4, -0.2) is 17.0 Å². The van der Waals surface area contributed by atoms with Crippen LogP contribution in [0.15, 0.2) is 29.4 Å². The third-order valence-electron chi connectivity index (χ3n) is 5.08. The number of carbonyl (C=O) groups is 1. The van der Waals surface area contributed by atoms with E-state index in [1.165, 1.54) is 31.2 Å². The van der Waals surface area contributed by atoms with Crippen LogP contribution in [0.1, 0.15) is 38.2 Å². The van der Waals surface area contributed by atoms with E-state index >= 15 is 0 Å². The van der Waals surface area contributed by atoms with Crippen LogP contribution in [0.2, 0.25) is 0 Å². The molecular formula is C16H19N3O3. The number of fused-ring (bicyclic) bond motifs is 1. The van der Waals surface area contributed by atoms with E-state index < -0.39 is 4.92 Å². The molecule has 1 N–H and O–H groups in total. The molecule has 0 aromatic heterocycles. The number of rotatable bonds is 4. The Balaban J connectivity index is 1.60. The molecule has 6 heteroatoms. The summed E-state index contributed by atoms with van der Waals surface area (Å²) in [6.45, 7) is 2.19. The van der Waals surface area contributed by atoms with Crippen molar-refractivity contribution < 1.29 is 9.72 Å². The summed E-state index contributed by atoms with van der Waals surface area (Å²) in [4.78, 5) is 22.5. The lowest BCUT2D eigenvalue weighted by Gasteiger charge is -2.15. The number of hydrogen-bond acceptors (Lipinski definition) is 4. The van der Waals surface area contributed by atoms with Crippen molar-refractivity contribution in [1.82, 2.24) is 5.43 Å². The van der Waals surface area contributed by atoms with Crippen LogP contribution in [0.3, 0.4) is 0 Å². The molecule has 3 unspecified atom stereocenters. The normalized spacial score (nSPS) is 29.9. The molecule has 0 bridgehead atoms. The first kappa shape index (κ1) is 14.7. The summed E-state index contributed by atoms with van der Waals surface area (Å²) in [7, 11) is 0. The molecule has 3 rings (SSSR count). The second-order valence-electron chi connectivity index (χ2n) is 6.42. The van der Waals surface area contributed by atoms with Crippen molar-refractivity contribution in [3.8, 4) is 0 Å². The third kappa shape index (κ3) is 2.61. The number of benzene rings is 1. The van der Waals surface area contributed by atoms with Gasteiger partial charge < -0.3 is 0 Å². The van der Waals surface area contributed by atoms with E-state index in [2.05, 4.69) is 17.5 Å². The van der Waals surface area contributed by atoms with Gasteiger partial charge in [0.1, 0.15) is 0 Å². The Labute approximate surface area is 128 Å². The van der Waals surface area contributed by atoms with Crippen molar-refractivity contribution in [1.29, 1.82) is 0 Å². The van der Waals surface area contributed by atoms with Crippen molar-refractivity contribution in [2.75, 3.05) is 0 Å². The lowest BCUT2D eigenvalue weighted by molar-refractivity contribution is -0.384. The fraction of sp³-hybridized carbons (Fsp3) is 0.500. The van der Waals surface area contributed by atoms with Crippen LogP contribution in [0.25, 0.3) is 0 Å². The maximum absolute atomic E-state index is 12.2. The Bertz CT molecular complexity index is 643. The number of nitro benzene ring substituents is 1. The lowest BCUT2D eigenvalue weighted by atomic mass is 9.90. The fourth-order valence-electron chi connectivity index (χ4n) is 3.81. The first-order chi connectivity index (χ1) is 10.5. The van der Waals surface area contributed by atoms with E-state index in [9.17, 15) is 14.9 Å². The molecule has 2 saturated carbocycles. The molecule has 0 aliphatic heterocycles. The highest BCUT2D eigenvalue weighted by Gasteiger charge is 2.64. The fourth-order valence-corrected chi connectivity index (χ4v) is 3.81. The number of nitrogens with one attached hydrogen (secondary N) is 1. The molecule has 0 radical (unpaired) electrons. The van der Waals surface area contributed by atoms with E-state index in [0.717, 1.165) is 12.8 Å². The summed E-state index contributed by atoms with van der Waals surface area (Å²) >= 11 is 0. The zero-order valence-electron chi connectivity index (χ0n) is 12.5. The van der Waals surface area contributed by atoms with E-state index in [1.54, 1.807) is 12.1 Å². The number of amides is 1. The molecule has 0 saturated heterocycles. The molecule has 2 aliphatic carbocycles. The van der Waals surface area contributed by atoms with Crippen molar-refractivity contribution in [2.24, 2.45) is 22.4 Å². The molecule has 2 aliphatic rings. The molecule has 2 fully saturated rings. The zero-order chi connectivity index (χ0) is 15.7. The summed E-state index contributed by atoms with van der Waals surface area (Å²) in [5.74, 6) is 0.530. The van der Waals surface area contributed by atoms with Gasteiger partial charge in [0.15, 0.2) is 0 Å². The molecule has 1 aromatic rings. The SMILES string of the molecule is CC12CCCCC1C2C(=O)N/N=C/c1cccc([N+](=O)[O-])c1. The number of nitro groups is 1. The van der Waals surface area contributed by atoms with Crippen molar-refractivity contribution in [3.05, 3.63) is 39.9 Å². The van der Waals surface area contributed by atoms with Gasteiger partial charge in [0.25, 0.3) is 5.69 Å².